The number of ether oxygens (including phenoxy) is 1. The second-order valence-electron chi connectivity index (χ2n) is 5.75. The third-order valence-corrected chi connectivity index (χ3v) is 6.47. The molecule has 1 saturated heterocycles. The summed E-state index contributed by atoms with van der Waals surface area (Å²) in [4.78, 5) is 13.6. The van der Waals surface area contributed by atoms with E-state index in [0.29, 0.717) is 6.54 Å². The Labute approximate surface area is 145 Å². The number of rotatable bonds is 5. The number of carbonyl (C=O) groups is 1. The van der Waals surface area contributed by atoms with Crippen molar-refractivity contribution < 1.29 is 17.9 Å². The van der Waals surface area contributed by atoms with Crippen molar-refractivity contribution in [2.75, 3.05) is 18.0 Å². The summed E-state index contributed by atoms with van der Waals surface area (Å²) in [6.07, 6.45) is -0.978. The Morgan fingerprint density at radius 1 is 1.29 bits per heavy atom. The second kappa shape index (κ2) is 6.54. The van der Waals surface area contributed by atoms with E-state index in [-0.39, 0.29) is 10.8 Å². The standard InChI is InChI=1S/C16H18N2O4S2/c1-11-6-12(2)8-13(7-11)18-10-14(22-16(18)19)9-17-24(20,21)15-4-3-5-23-15/h3-8,14,17H,9-10H2,1-2H3. The minimum absolute atomic E-state index is 0.0489. The Kier molecular flexibility index (Phi) is 4.62. The molecular formula is C16H18N2O4S2. The number of thiophene rings is 1. The van der Waals surface area contributed by atoms with E-state index in [9.17, 15) is 13.2 Å². The first-order valence-corrected chi connectivity index (χ1v) is 9.81. The summed E-state index contributed by atoms with van der Waals surface area (Å²) in [6, 6.07) is 9.06. The molecule has 1 amide bonds. The fourth-order valence-electron chi connectivity index (χ4n) is 2.64. The molecule has 0 aliphatic carbocycles. The van der Waals surface area contributed by atoms with Crippen LogP contribution in [0.3, 0.4) is 0 Å². The van der Waals surface area contributed by atoms with Gasteiger partial charge in [-0.05, 0) is 48.6 Å². The van der Waals surface area contributed by atoms with E-state index in [1.807, 2.05) is 32.0 Å². The molecule has 1 aromatic carbocycles. The van der Waals surface area contributed by atoms with E-state index in [4.69, 9.17) is 4.74 Å². The number of benzene rings is 1. The van der Waals surface area contributed by atoms with Crippen molar-refractivity contribution in [3.05, 3.63) is 46.8 Å². The monoisotopic (exact) mass is 366 g/mol. The number of sulfonamides is 1. The Morgan fingerprint density at radius 3 is 2.62 bits per heavy atom. The number of cyclic esters (lactones) is 1. The number of carbonyl (C=O) groups excluding carboxylic acids is 1. The minimum Gasteiger partial charge on any atom is -0.443 e. The summed E-state index contributed by atoms with van der Waals surface area (Å²) in [6.45, 7) is 4.29. The quantitative estimate of drug-likeness (QED) is 0.883. The summed E-state index contributed by atoms with van der Waals surface area (Å²) in [5.74, 6) is 0. The van der Waals surface area contributed by atoms with Gasteiger partial charge in [-0.1, -0.05) is 12.1 Å². The molecule has 0 saturated carbocycles. The third-order valence-electron chi connectivity index (χ3n) is 3.65. The van der Waals surface area contributed by atoms with Crippen molar-refractivity contribution in [2.45, 2.75) is 24.2 Å². The van der Waals surface area contributed by atoms with Gasteiger partial charge in [0.15, 0.2) is 0 Å². The van der Waals surface area contributed by atoms with Gasteiger partial charge < -0.3 is 4.74 Å². The molecule has 1 fully saturated rings. The van der Waals surface area contributed by atoms with Crippen molar-refractivity contribution in [1.82, 2.24) is 4.72 Å². The predicted octanol–water partition coefficient (Wildman–Crippen LogP) is 2.67. The lowest BCUT2D eigenvalue weighted by Crippen LogP contribution is -2.34. The maximum atomic E-state index is 12.1. The molecule has 1 unspecified atom stereocenters. The van der Waals surface area contributed by atoms with Gasteiger partial charge in [-0.15, -0.1) is 11.3 Å². The highest BCUT2D eigenvalue weighted by Crippen LogP contribution is 2.24. The first-order valence-electron chi connectivity index (χ1n) is 7.45. The first kappa shape index (κ1) is 16.9. The van der Waals surface area contributed by atoms with E-state index in [1.165, 1.54) is 11.0 Å². The maximum Gasteiger partial charge on any atom is 0.414 e. The van der Waals surface area contributed by atoms with Crippen LogP contribution in [0.4, 0.5) is 10.5 Å². The van der Waals surface area contributed by atoms with Crippen LogP contribution < -0.4 is 9.62 Å². The van der Waals surface area contributed by atoms with Crippen LogP contribution in [0.1, 0.15) is 11.1 Å². The van der Waals surface area contributed by atoms with Gasteiger partial charge >= 0.3 is 6.09 Å². The van der Waals surface area contributed by atoms with Crippen LogP contribution in [0.25, 0.3) is 0 Å². The van der Waals surface area contributed by atoms with Gasteiger partial charge in [-0.2, -0.15) is 0 Å². The van der Waals surface area contributed by atoms with E-state index in [1.54, 1.807) is 11.4 Å². The predicted molar refractivity (Wildman–Crippen MR) is 93.0 cm³/mol. The largest absolute Gasteiger partial charge is 0.443 e. The number of nitrogens with one attached hydrogen (secondary N) is 1. The molecule has 1 aliphatic heterocycles. The Hall–Kier alpha value is -1.90. The van der Waals surface area contributed by atoms with E-state index in [2.05, 4.69) is 4.72 Å². The highest BCUT2D eigenvalue weighted by atomic mass is 32.2. The molecule has 2 aromatic rings. The van der Waals surface area contributed by atoms with Crippen LogP contribution in [0.15, 0.2) is 39.9 Å². The van der Waals surface area contributed by atoms with Crippen molar-refractivity contribution in [2.24, 2.45) is 0 Å². The lowest BCUT2D eigenvalue weighted by molar-refractivity contribution is 0.143. The highest BCUT2D eigenvalue weighted by Gasteiger charge is 2.33. The van der Waals surface area contributed by atoms with Crippen molar-refractivity contribution in [1.29, 1.82) is 0 Å². The zero-order valence-electron chi connectivity index (χ0n) is 13.4. The van der Waals surface area contributed by atoms with Gasteiger partial charge in [-0.25, -0.2) is 17.9 Å². The lowest BCUT2D eigenvalue weighted by Gasteiger charge is -2.14. The van der Waals surface area contributed by atoms with Gasteiger partial charge in [0.05, 0.1) is 6.54 Å². The third kappa shape index (κ3) is 3.61. The van der Waals surface area contributed by atoms with Crippen LogP contribution >= 0.6 is 11.3 Å². The van der Waals surface area contributed by atoms with Gasteiger partial charge in [0, 0.05) is 12.2 Å². The van der Waals surface area contributed by atoms with Gasteiger partial charge in [0.25, 0.3) is 0 Å². The number of hydrogen-bond donors (Lipinski definition) is 1. The summed E-state index contributed by atoms with van der Waals surface area (Å²) in [7, 11) is -3.56. The summed E-state index contributed by atoms with van der Waals surface area (Å²) >= 11 is 1.14. The zero-order valence-corrected chi connectivity index (χ0v) is 15.0. The molecule has 1 atom stereocenters. The molecule has 0 bridgehead atoms. The number of nitrogens with zero attached hydrogens (tertiary/aromatic N) is 1. The fourth-order valence-corrected chi connectivity index (χ4v) is 4.74. The first-order chi connectivity index (χ1) is 11.3. The summed E-state index contributed by atoms with van der Waals surface area (Å²) < 4.78 is 32.3. The molecule has 1 aliphatic rings. The molecule has 3 rings (SSSR count). The van der Waals surface area contributed by atoms with Gasteiger partial charge in [0.2, 0.25) is 10.0 Å². The van der Waals surface area contributed by atoms with E-state index >= 15 is 0 Å². The number of aryl methyl sites for hydroxylation is 2. The molecule has 0 radical (unpaired) electrons. The van der Waals surface area contributed by atoms with Crippen molar-refractivity contribution in [3.8, 4) is 0 Å². The van der Waals surface area contributed by atoms with Gasteiger partial charge in [-0.3, -0.25) is 4.90 Å². The van der Waals surface area contributed by atoms with Crippen LogP contribution in [0.2, 0.25) is 0 Å². The van der Waals surface area contributed by atoms with Crippen LogP contribution in [-0.2, 0) is 14.8 Å². The van der Waals surface area contributed by atoms with Crippen LogP contribution in [0.5, 0.6) is 0 Å². The van der Waals surface area contributed by atoms with E-state index < -0.39 is 22.2 Å². The Balaban J connectivity index is 1.67. The number of hydrogen-bond acceptors (Lipinski definition) is 5. The SMILES string of the molecule is Cc1cc(C)cc(N2CC(CNS(=O)(=O)c3cccs3)OC2=O)c1. The summed E-state index contributed by atoms with van der Waals surface area (Å²) in [5.41, 5.74) is 2.88. The average molecular weight is 366 g/mol. The summed E-state index contributed by atoms with van der Waals surface area (Å²) in [5, 5.41) is 1.70. The fraction of sp³-hybridized carbons (Fsp3) is 0.312. The molecule has 0 spiro atoms. The Morgan fingerprint density at radius 2 is 2.00 bits per heavy atom. The number of anilines is 1. The molecule has 8 heteroatoms. The average Bonchev–Trinajstić information content (AvgIpc) is 3.14. The minimum atomic E-state index is -3.56. The Bertz CT molecular complexity index is 827. The van der Waals surface area contributed by atoms with Crippen molar-refractivity contribution >= 4 is 33.1 Å². The van der Waals surface area contributed by atoms with E-state index in [0.717, 1.165) is 28.2 Å². The van der Waals surface area contributed by atoms with Gasteiger partial charge in [0.1, 0.15) is 10.3 Å². The molecule has 1 N–H and O–H groups in total. The number of amides is 1. The molecule has 2 heterocycles. The van der Waals surface area contributed by atoms with Crippen LogP contribution in [0, 0.1) is 13.8 Å². The molecular weight excluding hydrogens is 348 g/mol. The van der Waals surface area contributed by atoms with Crippen molar-refractivity contribution in [3.63, 3.8) is 0 Å². The van der Waals surface area contributed by atoms with Crippen LogP contribution in [-0.4, -0.2) is 33.7 Å². The molecule has 24 heavy (non-hydrogen) atoms. The molecule has 6 nitrogen and oxygen atoms in total. The smallest absolute Gasteiger partial charge is 0.414 e. The lowest BCUT2D eigenvalue weighted by atomic mass is 10.1. The second-order valence-corrected chi connectivity index (χ2v) is 8.69. The topological polar surface area (TPSA) is 75.7 Å². The molecule has 1 aromatic heterocycles. The zero-order chi connectivity index (χ0) is 17.3. The normalized spacial score (nSPS) is 18.0. The maximum absolute atomic E-state index is 12.1. The molecule has 128 valence electrons. The highest BCUT2D eigenvalue weighted by molar-refractivity contribution is 7.91.